The van der Waals surface area contributed by atoms with Crippen LogP contribution in [0, 0.1) is 0 Å². The van der Waals surface area contributed by atoms with Crippen LogP contribution < -0.4 is 20.3 Å². The fourth-order valence-electron chi connectivity index (χ4n) is 4.71. The lowest BCUT2D eigenvalue weighted by atomic mass is 10.1. The molecule has 33 heavy (non-hydrogen) atoms. The lowest BCUT2D eigenvalue weighted by Crippen LogP contribution is -2.40. The van der Waals surface area contributed by atoms with E-state index in [9.17, 15) is 4.79 Å². The summed E-state index contributed by atoms with van der Waals surface area (Å²) < 4.78 is 5.88. The molecule has 2 aromatic rings. The second-order valence-corrected chi connectivity index (χ2v) is 9.35. The maximum atomic E-state index is 12.4. The van der Waals surface area contributed by atoms with Gasteiger partial charge in [-0.2, -0.15) is 0 Å². The number of urea groups is 1. The van der Waals surface area contributed by atoms with Crippen molar-refractivity contribution in [2.24, 2.45) is 0 Å². The Bertz CT molecular complexity index is 902. The molecule has 0 spiro atoms. The lowest BCUT2D eigenvalue weighted by Gasteiger charge is -2.30. The first kappa shape index (κ1) is 23.4. The Hall–Kier alpha value is -2.80. The summed E-state index contributed by atoms with van der Waals surface area (Å²) in [6.07, 6.45) is 8.89. The van der Waals surface area contributed by atoms with Crippen LogP contribution in [0.25, 0.3) is 0 Å². The highest BCUT2D eigenvalue weighted by Gasteiger charge is 2.27. The smallest absolute Gasteiger partial charge is 0.323 e. The SMILES string of the molecule is CCC(C)N(C)C1CCN(c2ccc(NC(=O)Nc3ccc(OC4CCCC4)nc3)cc2)C1.[HH]. The molecular formula is C26H39N5O2. The Morgan fingerprint density at radius 2 is 1.85 bits per heavy atom. The first-order chi connectivity index (χ1) is 16.0. The van der Waals surface area contributed by atoms with Gasteiger partial charge in [0, 0.05) is 44.0 Å². The molecule has 2 atom stereocenters. The summed E-state index contributed by atoms with van der Waals surface area (Å²) in [6.45, 7) is 6.64. The van der Waals surface area contributed by atoms with Crippen LogP contribution in [0.3, 0.4) is 0 Å². The van der Waals surface area contributed by atoms with Crippen LogP contribution in [0.5, 0.6) is 5.88 Å². The van der Waals surface area contributed by atoms with Crippen molar-refractivity contribution in [1.29, 1.82) is 0 Å². The summed E-state index contributed by atoms with van der Waals surface area (Å²) >= 11 is 0. The van der Waals surface area contributed by atoms with Crippen molar-refractivity contribution in [1.82, 2.24) is 9.88 Å². The number of carbonyl (C=O) groups excluding carboxylic acids is 1. The van der Waals surface area contributed by atoms with Gasteiger partial charge in [-0.15, -0.1) is 0 Å². The second-order valence-electron chi connectivity index (χ2n) is 9.35. The number of nitrogens with one attached hydrogen (secondary N) is 2. The van der Waals surface area contributed by atoms with Gasteiger partial charge in [-0.05, 0) is 82.8 Å². The number of benzene rings is 1. The number of hydrogen-bond acceptors (Lipinski definition) is 5. The van der Waals surface area contributed by atoms with Crippen LogP contribution >= 0.6 is 0 Å². The third-order valence-electron chi connectivity index (χ3n) is 7.10. The van der Waals surface area contributed by atoms with Gasteiger partial charge in [0.05, 0.1) is 11.9 Å². The van der Waals surface area contributed by atoms with Crippen LogP contribution in [-0.4, -0.2) is 54.2 Å². The van der Waals surface area contributed by atoms with Crippen molar-refractivity contribution in [2.45, 2.75) is 70.6 Å². The fourth-order valence-corrected chi connectivity index (χ4v) is 4.71. The summed E-state index contributed by atoms with van der Waals surface area (Å²) in [5, 5.41) is 5.73. The molecule has 2 unspecified atom stereocenters. The Morgan fingerprint density at radius 1 is 1.15 bits per heavy atom. The summed E-state index contributed by atoms with van der Waals surface area (Å²) in [5.41, 5.74) is 2.59. The number of ether oxygens (including phenoxy) is 1. The molecule has 1 saturated carbocycles. The van der Waals surface area contributed by atoms with Gasteiger partial charge in [0.15, 0.2) is 0 Å². The van der Waals surface area contributed by atoms with Crippen LogP contribution in [0.15, 0.2) is 42.6 Å². The number of anilines is 3. The quantitative estimate of drug-likeness (QED) is 0.544. The fraction of sp³-hybridized carbons (Fsp3) is 0.538. The van der Waals surface area contributed by atoms with E-state index in [1.54, 1.807) is 6.20 Å². The Kier molecular flexibility index (Phi) is 7.70. The van der Waals surface area contributed by atoms with Gasteiger partial charge in [-0.1, -0.05) is 6.92 Å². The van der Waals surface area contributed by atoms with Crippen LogP contribution in [0.2, 0.25) is 0 Å². The first-order valence-corrected chi connectivity index (χ1v) is 12.3. The molecule has 1 aliphatic carbocycles. The third kappa shape index (κ3) is 6.16. The minimum absolute atomic E-state index is 0. The number of pyridine rings is 1. The summed E-state index contributed by atoms with van der Waals surface area (Å²) in [4.78, 5) is 21.6. The average Bonchev–Trinajstić information content (AvgIpc) is 3.52. The predicted octanol–water partition coefficient (Wildman–Crippen LogP) is 5.60. The van der Waals surface area contributed by atoms with E-state index in [1.807, 2.05) is 24.3 Å². The van der Waals surface area contributed by atoms with E-state index in [1.165, 1.54) is 31.4 Å². The van der Waals surface area contributed by atoms with Gasteiger partial charge in [-0.3, -0.25) is 4.90 Å². The van der Waals surface area contributed by atoms with Crippen molar-refractivity contribution >= 4 is 23.1 Å². The normalized spacial score (nSPS) is 19.6. The van der Waals surface area contributed by atoms with Crippen LogP contribution in [-0.2, 0) is 0 Å². The Balaban J connectivity index is 0.00000324. The molecule has 1 aromatic heterocycles. The number of rotatable bonds is 8. The monoisotopic (exact) mass is 453 g/mol. The first-order valence-electron chi connectivity index (χ1n) is 12.3. The van der Waals surface area contributed by atoms with Gasteiger partial charge in [0.1, 0.15) is 6.10 Å². The zero-order valence-electron chi connectivity index (χ0n) is 20.1. The number of hydrogen-bond donors (Lipinski definition) is 2. The lowest BCUT2D eigenvalue weighted by molar-refractivity contribution is 0.192. The highest BCUT2D eigenvalue weighted by Crippen LogP contribution is 2.26. The Labute approximate surface area is 199 Å². The molecule has 2 fully saturated rings. The number of carbonyl (C=O) groups is 1. The molecule has 1 aliphatic heterocycles. The molecule has 2 heterocycles. The van der Waals surface area contributed by atoms with E-state index in [0.29, 0.717) is 23.7 Å². The highest BCUT2D eigenvalue weighted by atomic mass is 16.5. The van der Waals surface area contributed by atoms with Gasteiger partial charge in [0.25, 0.3) is 0 Å². The number of aromatic nitrogens is 1. The third-order valence-corrected chi connectivity index (χ3v) is 7.10. The highest BCUT2D eigenvalue weighted by molar-refractivity contribution is 5.99. The number of amides is 2. The van der Waals surface area contributed by atoms with Gasteiger partial charge in [0.2, 0.25) is 5.88 Å². The van der Waals surface area contributed by atoms with E-state index in [4.69, 9.17) is 4.74 Å². The average molecular weight is 454 g/mol. The van der Waals surface area contributed by atoms with E-state index in [-0.39, 0.29) is 13.6 Å². The van der Waals surface area contributed by atoms with Crippen molar-refractivity contribution in [2.75, 3.05) is 35.7 Å². The van der Waals surface area contributed by atoms with Gasteiger partial charge < -0.3 is 20.3 Å². The van der Waals surface area contributed by atoms with E-state index < -0.39 is 0 Å². The molecular weight excluding hydrogens is 414 g/mol. The minimum atomic E-state index is -0.287. The molecule has 1 saturated heterocycles. The maximum Gasteiger partial charge on any atom is 0.323 e. The van der Waals surface area contributed by atoms with Gasteiger partial charge >= 0.3 is 6.03 Å². The molecule has 7 heteroatoms. The Morgan fingerprint density at radius 3 is 2.52 bits per heavy atom. The molecule has 7 nitrogen and oxygen atoms in total. The van der Waals surface area contributed by atoms with Crippen molar-refractivity contribution in [3.05, 3.63) is 42.6 Å². The molecule has 180 valence electrons. The molecule has 2 amide bonds. The molecule has 0 bridgehead atoms. The molecule has 0 radical (unpaired) electrons. The van der Waals surface area contributed by atoms with Crippen molar-refractivity contribution < 1.29 is 11.0 Å². The maximum absolute atomic E-state index is 12.4. The minimum Gasteiger partial charge on any atom is -0.474 e. The van der Waals surface area contributed by atoms with Crippen LogP contribution in [0.1, 0.15) is 53.8 Å². The topological polar surface area (TPSA) is 69.7 Å². The molecule has 2 aliphatic rings. The number of nitrogens with zero attached hydrogens (tertiary/aromatic N) is 3. The van der Waals surface area contributed by atoms with E-state index >= 15 is 0 Å². The molecule has 4 rings (SSSR count). The molecule has 1 aromatic carbocycles. The summed E-state index contributed by atoms with van der Waals surface area (Å²) in [7, 11) is 2.24. The molecule has 2 N–H and O–H groups in total. The summed E-state index contributed by atoms with van der Waals surface area (Å²) in [6, 6.07) is 12.6. The summed E-state index contributed by atoms with van der Waals surface area (Å²) in [5.74, 6) is 0.614. The largest absolute Gasteiger partial charge is 0.474 e. The predicted molar refractivity (Wildman–Crippen MR) is 136 cm³/mol. The van der Waals surface area contributed by atoms with Gasteiger partial charge in [-0.25, -0.2) is 9.78 Å². The second kappa shape index (κ2) is 10.9. The van der Waals surface area contributed by atoms with Crippen molar-refractivity contribution in [3.63, 3.8) is 0 Å². The van der Waals surface area contributed by atoms with Crippen LogP contribution in [0.4, 0.5) is 21.9 Å². The zero-order chi connectivity index (χ0) is 23.2. The van der Waals surface area contributed by atoms with E-state index in [2.05, 4.69) is 58.4 Å². The standard InChI is InChI=1S/C26H37N5O2.H2/c1-4-19(2)30(3)23-15-16-31(18-23)22-12-9-20(10-13-22)28-26(32)29-21-11-14-25(27-17-21)33-24-7-5-6-8-24;/h9-14,17,19,23-24H,4-8,15-16,18H2,1-3H3,(H2,28,29,32);1H. The van der Waals surface area contributed by atoms with Crippen molar-refractivity contribution in [3.8, 4) is 5.88 Å². The number of likely N-dealkylation sites (N-methyl/N-ethyl adjacent to an activating group) is 1. The van der Waals surface area contributed by atoms with E-state index in [0.717, 1.165) is 31.6 Å². The zero-order valence-corrected chi connectivity index (χ0v) is 20.1.